The Kier molecular flexibility index (Phi) is 3.38. The predicted octanol–water partition coefficient (Wildman–Crippen LogP) is 1.39. The second-order valence-corrected chi connectivity index (χ2v) is 3.55. The van der Waals surface area contributed by atoms with E-state index in [2.05, 4.69) is 5.10 Å². The standard InChI is InChI=1S/C12H11N3O3/c16-11-7-4-8-13-15(11)9-14(12(17)18)10-5-2-1-3-6-10/h1-8H,9H2,(H,17,18). The predicted molar refractivity (Wildman–Crippen MR) is 65.4 cm³/mol. The van der Waals surface area contributed by atoms with Gasteiger partial charge in [-0.25, -0.2) is 9.48 Å². The van der Waals surface area contributed by atoms with Gasteiger partial charge in [-0.1, -0.05) is 18.2 Å². The first-order chi connectivity index (χ1) is 8.68. The number of hydrogen-bond donors (Lipinski definition) is 1. The quantitative estimate of drug-likeness (QED) is 0.886. The molecule has 0 fully saturated rings. The Balaban J connectivity index is 2.31. The van der Waals surface area contributed by atoms with Crippen LogP contribution < -0.4 is 10.5 Å². The van der Waals surface area contributed by atoms with E-state index < -0.39 is 6.09 Å². The van der Waals surface area contributed by atoms with E-state index in [-0.39, 0.29) is 12.2 Å². The molecule has 18 heavy (non-hydrogen) atoms. The fraction of sp³-hybridized carbons (Fsp3) is 0.0833. The van der Waals surface area contributed by atoms with E-state index in [9.17, 15) is 9.59 Å². The molecule has 2 aromatic rings. The van der Waals surface area contributed by atoms with Crippen molar-refractivity contribution in [1.82, 2.24) is 9.78 Å². The van der Waals surface area contributed by atoms with Gasteiger partial charge in [-0.15, -0.1) is 0 Å². The summed E-state index contributed by atoms with van der Waals surface area (Å²) in [6.45, 7) is -0.140. The largest absolute Gasteiger partial charge is 0.465 e. The summed E-state index contributed by atoms with van der Waals surface area (Å²) in [5.74, 6) is 0. The highest BCUT2D eigenvalue weighted by atomic mass is 16.4. The zero-order chi connectivity index (χ0) is 13.0. The van der Waals surface area contributed by atoms with Crippen molar-refractivity contribution in [2.45, 2.75) is 6.67 Å². The summed E-state index contributed by atoms with van der Waals surface area (Å²) in [6, 6.07) is 11.4. The molecule has 0 aliphatic carbocycles. The first-order valence-electron chi connectivity index (χ1n) is 5.26. The number of hydrogen-bond acceptors (Lipinski definition) is 3. The zero-order valence-electron chi connectivity index (χ0n) is 9.43. The molecule has 2 rings (SSSR count). The Morgan fingerprint density at radius 2 is 1.94 bits per heavy atom. The third kappa shape index (κ3) is 2.54. The molecule has 1 heterocycles. The number of para-hydroxylation sites is 1. The average Bonchev–Trinajstić information content (AvgIpc) is 2.38. The van der Waals surface area contributed by atoms with Crippen LogP contribution in [0.15, 0.2) is 53.5 Å². The molecule has 1 aromatic carbocycles. The van der Waals surface area contributed by atoms with Crippen LogP contribution in [0.5, 0.6) is 0 Å². The lowest BCUT2D eigenvalue weighted by atomic mass is 10.3. The molecule has 1 N–H and O–H groups in total. The van der Waals surface area contributed by atoms with Gasteiger partial charge in [0.05, 0.1) is 0 Å². The number of rotatable bonds is 3. The van der Waals surface area contributed by atoms with Crippen molar-refractivity contribution in [3.05, 3.63) is 59.0 Å². The molecule has 1 aromatic heterocycles. The third-order valence-electron chi connectivity index (χ3n) is 2.36. The SMILES string of the molecule is O=C(O)N(Cn1ncccc1=O)c1ccccc1. The molecule has 0 radical (unpaired) electrons. The fourth-order valence-electron chi connectivity index (χ4n) is 1.49. The lowest BCUT2D eigenvalue weighted by molar-refractivity contribution is 0.199. The van der Waals surface area contributed by atoms with E-state index >= 15 is 0 Å². The highest BCUT2D eigenvalue weighted by molar-refractivity contribution is 5.85. The first-order valence-corrected chi connectivity index (χ1v) is 5.26. The molecule has 0 bridgehead atoms. The van der Waals surface area contributed by atoms with E-state index in [1.807, 2.05) is 0 Å². The molecular weight excluding hydrogens is 234 g/mol. The van der Waals surface area contributed by atoms with Crippen molar-refractivity contribution in [1.29, 1.82) is 0 Å². The van der Waals surface area contributed by atoms with E-state index in [0.29, 0.717) is 5.69 Å². The van der Waals surface area contributed by atoms with E-state index in [0.717, 1.165) is 9.58 Å². The van der Waals surface area contributed by atoms with Gasteiger partial charge in [-0.2, -0.15) is 5.10 Å². The zero-order valence-corrected chi connectivity index (χ0v) is 9.43. The lowest BCUT2D eigenvalue weighted by Crippen LogP contribution is -2.36. The van der Waals surface area contributed by atoms with E-state index in [1.165, 1.54) is 18.3 Å². The number of anilines is 1. The topological polar surface area (TPSA) is 75.4 Å². The minimum Gasteiger partial charge on any atom is -0.465 e. The second kappa shape index (κ2) is 5.13. The Bertz CT molecular complexity index is 595. The molecule has 0 atom stereocenters. The summed E-state index contributed by atoms with van der Waals surface area (Å²) < 4.78 is 1.08. The van der Waals surface area contributed by atoms with Gasteiger partial charge in [0.1, 0.15) is 6.67 Å². The van der Waals surface area contributed by atoms with Gasteiger partial charge in [-0.3, -0.25) is 9.69 Å². The van der Waals surface area contributed by atoms with Crippen LogP contribution in [-0.2, 0) is 6.67 Å². The average molecular weight is 245 g/mol. The molecule has 0 unspecified atom stereocenters. The smallest absolute Gasteiger partial charge is 0.413 e. The summed E-state index contributed by atoms with van der Waals surface area (Å²) in [4.78, 5) is 23.7. The molecule has 0 saturated carbocycles. The van der Waals surface area contributed by atoms with Crippen LogP contribution >= 0.6 is 0 Å². The van der Waals surface area contributed by atoms with Gasteiger partial charge in [0.25, 0.3) is 5.56 Å². The number of carboxylic acid groups (broad SMARTS) is 1. The van der Waals surface area contributed by atoms with Crippen molar-refractivity contribution in [3.8, 4) is 0 Å². The maximum absolute atomic E-state index is 11.5. The van der Waals surface area contributed by atoms with Crippen molar-refractivity contribution in [3.63, 3.8) is 0 Å². The fourth-order valence-corrected chi connectivity index (χ4v) is 1.49. The maximum atomic E-state index is 11.5. The van der Waals surface area contributed by atoms with Crippen LogP contribution in [0.3, 0.4) is 0 Å². The van der Waals surface area contributed by atoms with Crippen LogP contribution in [0.2, 0.25) is 0 Å². The highest BCUT2D eigenvalue weighted by Crippen LogP contribution is 2.13. The van der Waals surface area contributed by atoms with Crippen molar-refractivity contribution >= 4 is 11.8 Å². The normalized spacial score (nSPS) is 10.0. The molecule has 0 spiro atoms. The van der Waals surface area contributed by atoms with Gasteiger partial charge in [0.15, 0.2) is 0 Å². The Morgan fingerprint density at radius 1 is 1.22 bits per heavy atom. The number of amides is 1. The van der Waals surface area contributed by atoms with Crippen LogP contribution in [0.1, 0.15) is 0 Å². The van der Waals surface area contributed by atoms with Gasteiger partial charge in [0, 0.05) is 18.0 Å². The van der Waals surface area contributed by atoms with Gasteiger partial charge >= 0.3 is 6.09 Å². The molecule has 0 aliphatic rings. The van der Waals surface area contributed by atoms with Crippen molar-refractivity contribution in [2.24, 2.45) is 0 Å². The third-order valence-corrected chi connectivity index (χ3v) is 2.36. The number of aromatic nitrogens is 2. The van der Waals surface area contributed by atoms with Crippen molar-refractivity contribution < 1.29 is 9.90 Å². The summed E-state index contributed by atoms with van der Waals surface area (Å²) in [5, 5.41) is 13.0. The molecule has 6 heteroatoms. The number of nitrogens with zero attached hydrogens (tertiary/aromatic N) is 3. The molecule has 0 saturated heterocycles. The number of benzene rings is 1. The summed E-state index contributed by atoms with van der Waals surface area (Å²) >= 11 is 0. The minimum absolute atomic E-state index is 0.140. The number of carbonyl (C=O) groups is 1. The molecule has 6 nitrogen and oxygen atoms in total. The van der Waals surface area contributed by atoms with E-state index in [1.54, 1.807) is 30.3 Å². The molecular formula is C12H11N3O3. The van der Waals surface area contributed by atoms with Crippen LogP contribution in [-0.4, -0.2) is 21.0 Å². The Hall–Kier alpha value is -2.63. The summed E-state index contributed by atoms with van der Waals surface area (Å²) in [5.41, 5.74) is 0.141. The maximum Gasteiger partial charge on any atom is 0.413 e. The Labute approximate surface area is 103 Å². The van der Waals surface area contributed by atoms with E-state index in [4.69, 9.17) is 5.11 Å². The van der Waals surface area contributed by atoms with Gasteiger partial charge in [0.2, 0.25) is 0 Å². The van der Waals surface area contributed by atoms with Gasteiger partial charge in [-0.05, 0) is 18.2 Å². The second-order valence-electron chi connectivity index (χ2n) is 3.55. The summed E-state index contributed by atoms with van der Waals surface area (Å²) in [7, 11) is 0. The first kappa shape index (κ1) is 11.8. The van der Waals surface area contributed by atoms with Gasteiger partial charge < -0.3 is 5.11 Å². The van der Waals surface area contributed by atoms with Crippen LogP contribution in [0.25, 0.3) is 0 Å². The minimum atomic E-state index is -1.14. The van der Waals surface area contributed by atoms with Crippen LogP contribution in [0.4, 0.5) is 10.5 Å². The molecule has 1 amide bonds. The molecule has 0 aliphatic heterocycles. The summed E-state index contributed by atoms with van der Waals surface area (Å²) in [6.07, 6.45) is 0.297. The Morgan fingerprint density at radius 3 is 2.56 bits per heavy atom. The molecule has 92 valence electrons. The van der Waals surface area contributed by atoms with Crippen molar-refractivity contribution in [2.75, 3.05) is 4.90 Å². The van der Waals surface area contributed by atoms with Crippen LogP contribution in [0, 0.1) is 0 Å². The highest BCUT2D eigenvalue weighted by Gasteiger charge is 2.15. The lowest BCUT2D eigenvalue weighted by Gasteiger charge is -2.19. The monoisotopic (exact) mass is 245 g/mol.